The number of carbonyl (C=O) groups is 1. The molecule has 0 bridgehead atoms. The van der Waals surface area contributed by atoms with Crippen LogP contribution >= 0.6 is 11.3 Å². The van der Waals surface area contributed by atoms with Crippen molar-refractivity contribution in [3.8, 4) is 5.75 Å². The van der Waals surface area contributed by atoms with E-state index in [0.29, 0.717) is 12.8 Å². The molecule has 0 saturated heterocycles. The first-order chi connectivity index (χ1) is 9.58. The quantitative estimate of drug-likeness (QED) is 0.919. The zero-order valence-corrected chi connectivity index (χ0v) is 12.7. The highest BCUT2D eigenvalue weighted by atomic mass is 32.1. The van der Waals surface area contributed by atoms with E-state index >= 15 is 0 Å². The van der Waals surface area contributed by atoms with Gasteiger partial charge in [0.25, 0.3) is 0 Å². The molecule has 1 aromatic carbocycles. The summed E-state index contributed by atoms with van der Waals surface area (Å²) in [5, 5.41) is 3.88. The second kappa shape index (κ2) is 6.52. The molecule has 1 aromatic heterocycles. The van der Waals surface area contributed by atoms with Crippen LogP contribution in [-0.2, 0) is 11.2 Å². The number of nitrogens with zero attached hydrogens (tertiary/aromatic N) is 1. The molecule has 5 heteroatoms. The molecule has 2 aromatic rings. The van der Waals surface area contributed by atoms with Gasteiger partial charge in [0, 0.05) is 29.5 Å². The highest BCUT2D eigenvalue weighted by Crippen LogP contribution is 2.19. The Morgan fingerprint density at radius 2 is 2.20 bits per heavy atom. The van der Waals surface area contributed by atoms with Gasteiger partial charge < -0.3 is 10.1 Å². The Morgan fingerprint density at radius 3 is 2.85 bits per heavy atom. The van der Waals surface area contributed by atoms with Crippen molar-refractivity contribution in [2.75, 3.05) is 12.4 Å². The second-order valence-electron chi connectivity index (χ2n) is 4.53. The van der Waals surface area contributed by atoms with E-state index in [1.807, 2.05) is 32.0 Å². The number of aromatic nitrogens is 1. The lowest BCUT2D eigenvalue weighted by molar-refractivity contribution is -0.116. The van der Waals surface area contributed by atoms with E-state index < -0.39 is 0 Å². The Balaban J connectivity index is 1.89. The molecule has 0 unspecified atom stereocenters. The number of carbonyl (C=O) groups excluding carboxylic acids is 1. The third kappa shape index (κ3) is 3.81. The van der Waals surface area contributed by atoms with Crippen molar-refractivity contribution < 1.29 is 9.53 Å². The smallest absolute Gasteiger partial charge is 0.224 e. The van der Waals surface area contributed by atoms with Crippen LogP contribution in [0.4, 0.5) is 5.69 Å². The van der Waals surface area contributed by atoms with Gasteiger partial charge in [-0.25, -0.2) is 4.98 Å². The molecule has 0 atom stereocenters. The summed E-state index contributed by atoms with van der Waals surface area (Å²) in [4.78, 5) is 17.6. The van der Waals surface area contributed by atoms with Gasteiger partial charge in [0.1, 0.15) is 5.75 Å². The number of methoxy groups -OCH3 is 1. The molecule has 0 radical (unpaired) electrons. The van der Waals surface area contributed by atoms with Crippen LogP contribution in [-0.4, -0.2) is 18.0 Å². The van der Waals surface area contributed by atoms with Gasteiger partial charge in [-0.1, -0.05) is 6.07 Å². The Bertz CT molecular complexity index is 588. The average Bonchev–Trinajstić information content (AvgIpc) is 2.76. The summed E-state index contributed by atoms with van der Waals surface area (Å²) in [6.45, 7) is 4.04. The van der Waals surface area contributed by atoms with E-state index in [9.17, 15) is 4.79 Å². The van der Waals surface area contributed by atoms with Crippen LogP contribution in [0.1, 0.15) is 22.0 Å². The van der Waals surface area contributed by atoms with E-state index in [0.717, 1.165) is 22.1 Å². The third-order valence-electron chi connectivity index (χ3n) is 2.99. The van der Waals surface area contributed by atoms with Crippen LogP contribution in [0.25, 0.3) is 0 Å². The van der Waals surface area contributed by atoms with Crippen molar-refractivity contribution in [1.29, 1.82) is 0 Å². The topological polar surface area (TPSA) is 51.2 Å². The molecule has 1 N–H and O–H groups in total. The minimum Gasteiger partial charge on any atom is -0.497 e. The summed E-state index contributed by atoms with van der Waals surface area (Å²) in [6, 6.07) is 7.34. The number of benzene rings is 1. The molecule has 1 amide bonds. The maximum absolute atomic E-state index is 11.9. The highest BCUT2D eigenvalue weighted by molar-refractivity contribution is 7.11. The van der Waals surface area contributed by atoms with Gasteiger partial charge in [0.15, 0.2) is 0 Å². The molecule has 2 rings (SSSR count). The molecule has 0 saturated carbocycles. The number of anilines is 1. The number of amides is 1. The summed E-state index contributed by atoms with van der Waals surface area (Å²) in [7, 11) is 1.61. The summed E-state index contributed by atoms with van der Waals surface area (Å²) in [5.41, 5.74) is 1.80. The van der Waals surface area contributed by atoms with Crippen LogP contribution in [0.3, 0.4) is 0 Å². The summed E-state index contributed by atoms with van der Waals surface area (Å²) in [6.07, 6.45) is 1.11. The van der Waals surface area contributed by atoms with E-state index in [4.69, 9.17) is 4.74 Å². The largest absolute Gasteiger partial charge is 0.497 e. The van der Waals surface area contributed by atoms with E-state index in [-0.39, 0.29) is 5.91 Å². The number of thiazole rings is 1. The lowest BCUT2D eigenvalue weighted by atomic mass is 10.2. The van der Waals surface area contributed by atoms with Crippen molar-refractivity contribution in [3.05, 3.63) is 39.8 Å². The van der Waals surface area contributed by atoms with Crippen molar-refractivity contribution in [2.45, 2.75) is 26.7 Å². The summed E-state index contributed by atoms with van der Waals surface area (Å²) < 4.78 is 5.12. The van der Waals surface area contributed by atoms with Crippen molar-refractivity contribution in [2.24, 2.45) is 0 Å². The number of aryl methyl sites for hydroxylation is 3. The lowest BCUT2D eigenvalue weighted by Gasteiger charge is -2.06. The maximum Gasteiger partial charge on any atom is 0.224 e. The number of hydrogen-bond donors (Lipinski definition) is 1. The van der Waals surface area contributed by atoms with Gasteiger partial charge in [-0.15, -0.1) is 11.3 Å². The standard InChI is InChI=1S/C15H18N2O2S/c1-10-11(2)20-15(16-10)8-7-14(18)17-12-5-4-6-13(9-12)19-3/h4-6,9H,7-8H2,1-3H3,(H,17,18). The molecule has 0 aliphatic heterocycles. The van der Waals surface area contributed by atoms with Crippen LogP contribution < -0.4 is 10.1 Å². The fourth-order valence-corrected chi connectivity index (χ4v) is 2.72. The highest BCUT2D eigenvalue weighted by Gasteiger charge is 2.08. The molecule has 1 heterocycles. The minimum atomic E-state index is -0.0104. The normalized spacial score (nSPS) is 10.3. The Morgan fingerprint density at radius 1 is 1.40 bits per heavy atom. The molecule has 4 nitrogen and oxygen atoms in total. The SMILES string of the molecule is COc1cccc(NC(=O)CCc2nc(C)c(C)s2)c1. The van der Waals surface area contributed by atoms with Gasteiger partial charge in [-0.3, -0.25) is 4.79 Å². The van der Waals surface area contributed by atoms with E-state index in [1.54, 1.807) is 24.5 Å². The number of hydrogen-bond acceptors (Lipinski definition) is 4. The third-order valence-corrected chi connectivity index (χ3v) is 4.12. The van der Waals surface area contributed by atoms with Crippen molar-refractivity contribution in [1.82, 2.24) is 4.98 Å². The Hall–Kier alpha value is -1.88. The lowest BCUT2D eigenvalue weighted by Crippen LogP contribution is -2.12. The molecule has 20 heavy (non-hydrogen) atoms. The maximum atomic E-state index is 11.9. The molecule has 106 valence electrons. The molecule has 0 aliphatic carbocycles. The summed E-state index contributed by atoms with van der Waals surface area (Å²) >= 11 is 1.66. The fourth-order valence-electron chi connectivity index (χ4n) is 1.79. The van der Waals surface area contributed by atoms with Crippen molar-refractivity contribution in [3.63, 3.8) is 0 Å². The van der Waals surface area contributed by atoms with Crippen LogP contribution in [0.5, 0.6) is 5.75 Å². The number of rotatable bonds is 5. The first-order valence-electron chi connectivity index (χ1n) is 6.45. The molecular formula is C15H18N2O2S. The van der Waals surface area contributed by atoms with E-state index in [1.165, 1.54) is 4.88 Å². The van der Waals surface area contributed by atoms with Crippen LogP contribution in [0, 0.1) is 13.8 Å². The zero-order chi connectivity index (χ0) is 14.5. The number of ether oxygens (including phenoxy) is 1. The zero-order valence-electron chi connectivity index (χ0n) is 11.9. The molecule has 0 spiro atoms. The van der Waals surface area contributed by atoms with E-state index in [2.05, 4.69) is 10.3 Å². The average molecular weight is 290 g/mol. The first kappa shape index (κ1) is 14.5. The summed E-state index contributed by atoms with van der Waals surface area (Å²) in [5.74, 6) is 0.720. The van der Waals surface area contributed by atoms with Gasteiger partial charge in [0.05, 0.1) is 17.8 Å². The van der Waals surface area contributed by atoms with Crippen LogP contribution in [0.15, 0.2) is 24.3 Å². The molecule has 0 fully saturated rings. The Kier molecular flexibility index (Phi) is 4.74. The van der Waals surface area contributed by atoms with Crippen molar-refractivity contribution >= 4 is 22.9 Å². The van der Waals surface area contributed by atoms with Gasteiger partial charge >= 0.3 is 0 Å². The predicted octanol–water partition coefficient (Wildman–Crippen LogP) is 3.34. The van der Waals surface area contributed by atoms with Gasteiger partial charge in [-0.05, 0) is 26.0 Å². The van der Waals surface area contributed by atoms with Gasteiger partial charge in [-0.2, -0.15) is 0 Å². The Labute approximate surface area is 122 Å². The fraction of sp³-hybridized carbons (Fsp3) is 0.333. The second-order valence-corrected chi connectivity index (χ2v) is 5.82. The van der Waals surface area contributed by atoms with Crippen LogP contribution in [0.2, 0.25) is 0 Å². The monoisotopic (exact) mass is 290 g/mol. The molecular weight excluding hydrogens is 272 g/mol. The minimum absolute atomic E-state index is 0.0104. The molecule has 0 aliphatic rings. The predicted molar refractivity (Wildman–Crippen MR) is 81.5 cm³/mol. The first-order valence-corrected chi connectivity index (χ1v) is 7.27. The van der Waals surface area contributed by atoms with Gasteiger partial charge in [0.2, 0.25) is 5.91 Å². The number of nitrogens with one attached hydrogen (secondary N) is 1.